The summed E-state index contributed by atoms with van der Waals surface area (Å²) >= 11 is 0. The van der Waals surface area contributed by atoms with Crippen LogP contribution in [0.2, 0.25) is 0 Å². The van der Waals surface area contributed by atoms with Crippen molar-refractivity contribution < 1.29 is 9.90 Å². The lowest BCUT2D eigenvalue weighted by molar-refractivity contribution is -0.140. The molecule has 1 aliphatic carbocycles. The molecule has 1 saturated carbocycles. The van der Waals surface area contributed by atoms with E-state index in [9.17, 15) is 9.90 Å². The second kappa shape index (κ2) is 6.01. The molecule has 1 aromatic carbocycles. The van der Waals surface area contributed by atoms with E-state index in [-0.39, 0.29) is 0 Å². The summed E-state index contributed by atoms with van der Waals surface area (Å²) in [5, 5.41) is 12.7. The molecular formula is C15H21NO2. The summed E-state index contributed by atoms with van der Waals surface area (Å²) in [6, 6.07) is 9.16. The smallest absolute Gasteiger partial charge is 0.325 e. The second-order valence-electron chi connectivity index (χ2n) is 5.22. The average molecular weight is 247 g/mol. The van der Waals surface area contributed by atoms with Crippen LogP contribution in [0.5, 0.6) is 0 Å². The van der Waals surface area contributed by atoms with Gasteiger partial charge in [-0.15, -0.1) is 0 Å². The van der Waals surface area contributed by atoms with E-state index in [1.54, 1.807) is 0 Å². The lowest BCUT2D eigenvalue weighted by Crippen LogP contribution is -2.42. The van der Waals surface area contributed by atoms with Crippen molar-refractivity contribution in [2.24, 2.45) is 5.92 Å². The monoisotopic (exact) mass is 247 g/mol. The molecule has 0 spiro atoms. The van der Waals surface area contributed by atoms with Crippen molar-refractivity contribution in [1.82, 2.24) is 5.32 Å². The normalized spacial score (nSPS) is 25.6. The molecule has 2 N–H and O–H groups in total. The van der Waals surface area contributed by atoms with Gasteiger partial charge in [0.15, 0.2) is 0 Å². The van der Waals surface area contributed by atoms with Crippen LogP contribution in [0.4, 0.5) is 0 Å². The summed E-state index contributed by atoms with van der Waals surface area (Å²) < 4.78 is 0. The van der Waals surface area contributed by atoms with Crippen LogP contribution in [-0.4, -0.2) is 17.1 Å². The van der Waals surface area contributed by atoms with Crippen molar-refractivity contribution in [3.63, 3.8) is 0 Å². The first kappa shape index (κ1) is 13.1. The van der Waals surface area contributed by atoms with E-state index in [1.807, 2.05) is 30.3 Å². The number of hydrogen-bond acceptors (Lipinski definition) is 2. The molecule has 0 amide bonds. The summed E-state index contributed by atoms with van der Waals surface area (Å²) in [6.45, 7) is 2.21. The van der Waals surface area contributed by atoms with E-state index in [0.29, 0.717) is 12.0 Å². The molecule has 0 bridgehead atoms. The molecular weight excluding hydrogens is 226 g/mol. The molecule has 0 heterocycles. The Hall–Kier alpha value is -1.35. The Morgan fingerprint density at radius 2 is 1.94 bits per heavy atom. The fraction of sp³-hybridized carbons (Fsp3) is 0.533. The number of carbonyl (C=O) groups is 1. The molecule has 0 saturated heterocycles. The van der Waals surface area contributed by atoms with Crippen LogP contribution in [0.1, 0.15) is 44.2 Å². The first-order chi connectivity index (χ1) is 8.68. The molecule has 0 aliphatic heterocycles. The third kappa shape index (κ3) is 3.10. The highest BCUT2D eigenvalue weighted by molar-refractivity contribution is 5.75. The van der Waals surface area contributed by atoms with Gasteiger partial charge in [-0.1, -0.05) is 50.1 Å². The molecule has 3 unspecified atom stereocenters. The first-order valence-electron chi connectivity index (χ1n) is 6.72. The highest BCUT2D eigenvalue weighted by Gasteiger charge is 2.27. The van der Waals surface area contributed by atoms with Gasteiger partial charge in [0.25, 0.3) is 0 Å². The molecule has 3 heteroatoms. The van der Waals surface area contributed by atoms with Crippen LogP contribution >= 0.6 is 0 Å². The number of benzene rings is 1. The second-order valence-corrected chi connectivity index (χ2v) is 5.22. The van der Waals surface area contributed by atoms with Gasteiger partial charge in [0.05, 0.1) is 0 Å². The van der Waals surface area contributed by atoms with Crippen LogP contribution < -0.4 is 5.32 Å². The van der Waals surface area contributed by atoms with Crippen molar-refractivity contribution in [2.45, 2.75) is 44.7 Å². The summed E-state index contributed by atoms with van der Waals surface area (Å²) in [4.78, 5) is 11.4. The number of carboxylic acid groups (broad SMARTS) is 1. The molecule has 1 aromatic rings. The number of carboxylic acids is 1. The van der Waals surface area contributed by atoms with Crippen LogP contribution in [0.15, 0.2) is 30.3 Å². The minimum Gasteiger partial charge on any atom is -0.480 e. The van der Waals surface area contributed by atoms with Crippen molar-refractivity contribution >= 4 is 5.97 Å². The molecule has 18 heavy (non-hydrogen) atoms. The van der Waals surface area contributed by atoms with E-state index in [2.05, 4.69) is 12.2 Å². The molecule has 3 nitrogen and oxygen atoms in total. The average Bonchev–Trinajstić information content (AvgIpc) is 2.38. The number of rotatable bonds is 4. The van der Waals surface area contributed by atoms with Crippen molar-refractivity contribution in [3.05, 3.63) is 35.9 Å². The first-order valence-corrected chi connectivity index (χ1v) is 6.72. The number of nitrogens with one attached hydrogen (secondary N) is 1. The molecule has 3 atom stereocenters. The van der Waals surface area contributed by atoms with Gasteiger partial charge < -0.3 is 5.11 Å². The maximum absolute atomic E-state index is 11.4. The minimum atomic E-state index is -0.793. The van der Waals surface area contributed by atoms with Crippen molar-refractivity contribution in [2.75, 3.05) is 0 Å². The van der Waals surface area contributed by atoms with E-state index < -0.39 is 12.0 Å². The lowest BCUT2D eigenvalue weighted by Gasteiger charge is -2.32. The van der Waals surface area contributed by atoms with Gasteiger partial charge in [0.2, 0.25) is 0 Å². The standard InChI is InChI=1S/C15H21NO2/c1-11-7-5-6-10-13(11)16-14(15(17)18)12-8-3-2-4-9-12/h2-4,8-9,11,13-14,16H,5-7,10H2,1H3,(H,17,18). The van der Waals surface area contributed by atoms with Crippen molar-refractivity contribution in [1.29, 1.82) is 0 Å². The maximum atomic E-state index is 11.4. The Morgan fingerprint density at radius 1 is 1.28 bits per heavy atom. The summed E-state index contributed by atoms with van der Waals surface area (Å²) in [5.74, 6) is -0.233. The third-order valence-electron chi connectivity index (χ3n) is 3.87. The predicted molar refractivity (Wildman–Crippen MR) is 71.4 cm³/mol. The van der Waals surface area contributed by atoms with Crippen LogP contribution in [0.25, 0.3) is 0 Å². The molecule has 0 radical (unpaired) electrons. The Balaban J connectivity index is 2.09. The van der Waals surface area contributed by atoms with Crippen LogP contribution in [-0.2, 0) is 4.79 Å². The predicted octanol–water partition coefficient (Wildman–Crippen LogP) is 2.98. The topological polar surface area (TPSA) is 49.3 Å². The molecule has 98 valence electrons. The molecule has 1 aliphatic rings. The highest BCUT2D eigenvalue weighted by Crippen LogP contribution is 2.26. The minimum absolute atomic E-state index is 0.319. The van der Waals surface area contributed by atoms with Gasteiger partial charge in [0, 0.05) is 6.04 Å². The van der Waals surface area contributed by atoms with Gasteiger partial charge >= 0.3 is 5.97 Å². The number of hydrogen-bond donors (Lipinski definition) is 2. The molecule has 0 aromatic heterocycles. The quantitative estimate of drug-likeness (QED) is 0.860. The van der Waals surface area contributed by atoms with Gasteiger partial charge in [0.1, 0.15) is 6.04 Å². The van der Waals surface area contributed by atoms with E-state index in [0.717, 1.165) is 12.0 Å². The van der Waals surface area contributed by atoms with Gasteiger partial charge in [-0.05, 0) is 24.3 Å². The number of aliphatic carboxylic acids is 1. The zero-order chi connectivity index (χ0) is 13.0. The van der Waals surface area contributed by atoms with E-state index in [4.69, 9.17) is 0 Å². The van der Waals surface area contributed by atoms with Gasteiger partial charge in [-0.2, -0.15) is 0 Å². The van der Waals surface area contributed by atoms with E-state index >= 15 is 0 Å². The van der Waals surface area contributed by atoms with E-state index in [1.165, 1.54) is 19.3 Å². The van der Waals surface area contributed by atoms with Crippen LogP contribution in [0.3, 0.4) is 0 Å². The fourth-order valence-electron chi connectivity index (χ4n) is 2.73. The Morgan fingerprint density at radius 3 is 2.56 bits per heavy atom. The summed E-state index contributed by atoms with van der Waals surface area (Å²) in [5.41, 5.74) is 0.836. The Bertz CT molecular complexity index is 391. The lowest BCUT2D eigenvalue weighted by atomic mass is 9.85. The fourth-order valence-corrected chi connectivity index (χ4v) is 2.73. The zero-order valence-corrected chi connectivity index (χ0v) is 10.8. The van der Waals surface area contributed by atoms with Crippen molar-refractivity contribution in [3.8, 4) is 0 Å². The molecule has 1 fully saturated rings. The molecule has 2 rings (SSSR count). The highest BCUT2D eigenvalue weighted by atomic mass is 16.4. The Labute approximate surface area is 108 Å². The largest absolute Gasteiger partial charge is 0.480 e. The Kier molecular flexibility index (Phi) is 4.37. The van der Waals surface area contributed by atoms with Gasteiger partial charge in [-0.3, -0.25) is 10.1 Å². The zero-order valence-electron chi connectivity index (χ0n) is 10.8. The summed E-state index contributed by atoms with van der Waals surface area (Å²) in [7, 11) is 0. The maximum Gasteiger partial charge on any atom is 0.325 e. The SMILES string of the molecule is CC1CCCCC1NC(C(=O)O)c1ccccc1. The summed E-state index contributed by atoms with van der Waals surface area (Å²) in [6.07, 6.45) is 4.74. The third-order valence-corrected chi connectivity index (χ3v) is 3.87. The van der Waals surface area contributed by atoms with Gasteiger partial charge in [-0.25, -0.2) is 0 Å². The van der Waals surface area contributed by atoms with Crippen LogP contribution in [0, 0.1) is 5.92 Å².